The summed E-state index contributed by atoms with van der Waals surface area (Å²) in [4.78, 5) is 35.7. The number of hydrogen-bond acceptors (Lipinski definition) is 5. The second-order valence-electron chi connectivity index (χ2n) is 6.45. The van der Waals surface area contributed by atoms with E-state index in [0.717, 1.165) is 22.5 Å². The van der Waals surface area contributed by atoms with Crippen molar-refractivity contribution in [1.29, 1.82) is 0 Å². The Morgan fingerprint density at radius 1 is 0.968 bits per heavy atom. The SMILES string of the molecule is CN(C)S(=O)(=O)c1cccc(C(=O)NNC(=O)CCNC(=O)c2ccc(F)cc2F)c1. The summed E-state index contributed by atoms with van der Waals surface area (Å²) in [6.45, 7) is -0.173. The first-order valence-electron chi connectivity index (χ1n) is 8.87. The fourth-order valence-corrected chi connectivity index (χ4v) is 3.28. The molecule has 0 unspecified atom stereocenters. The molecule has 9 nitrogen and oxygen atoms in total. The van der Waals surface area contributed by atoms with Crippen molar-refractivity contribution in [1.82, 2.24) is 20.5 Å². The number of amides is 3. The zero-order valence-electron chi connectivity index (χ0n) is 16.6. The number of nitrogens with one attached hydrogen (secondary N) is 3. The molecule has 0 aliphatic heterocycles. The predicted octanol–water partition coefficient (Wildman–Crippen LogP) is 0.796. The third-order valence-electron chi connectivity index (χ3n) is 4.00. The molecule has 31 heavy (non-hydrogen) atoms. The Morgan fingerprint density at radius 3 is 2.32 bits per heavy atom. The van der Waals surface area contributed by atoms with Crippen molar-refractivity contribution in [3.8, 4) is 0 Å². The van der Waals surface area contributed by atoms with Gasteiger partial charge in [-0.3, -0.25) is 25.2 Å². The van der Waals surface area contributed by atoms with E-state index in [2.05, 4.69) is 16.2 Å². The van der Waals surface area contributed by atoms with E-state index < -0.39 is 39.4 Å². The molecule has 12 heteroatoms. The van der Waals surface area contributed by atoms with Gasteiger partial charge < -0.3 is 5.32 Å². The van der Waals surface area contributed by atoms with E-state index in [4.69, 9.17) is 0 Å². The minimum absolute atomic E-state index is 0.00307. The maximum absolute atomic E-state index is 13.5. The lowest BCUT2D eigenvalue weighted by atomic mass is 10.2. The first kappa shape index (κ1) is 23.9. The van der Waals surface area contributed by atoms with Crippen LogP contribution in [0.25, 0.3) is 0 Å². The van der Waals surface area contributed by atoms with Crippen molar-refractivity contribution in [3.05, 3.63) is 65.2 Å². The zero-order chi connectivity index (χ0) is 23.2. The van der Waals surface area contributed by atoms with Crippen LogP contribution in [0.5, 0.6) is 0 Å². The van der Waals surface area contributed by atoms with Gasteiger partial charge in [0.1, 0.15) is 11.6 Å². The number of hydrazine groups is 1. The summed E-state index contributed by atoms with van der Waals surface area (Å²) >= 11 is 0. The summed E-state index contributed by atoms with van der Waals surface area (Å²) in [6.07, 6.45) is -0.246. The molecule has 0 radical (unpaired) electrons. The molecule has 3 N–H and O–H groups in total. The Kier molecular flexibility index (Phi) is 7.78. The van der Waals surface area contributed by atoms with Crippen LogP contribution in [0.1, 0.15) is 27.1 Å². The number of rotatable bonds is 7. The minimum Gasteiger partial charge on any atom is -0.351 e. The van der Waals surface area contributed by atoms with Gasteiger partial charge in [0.05, 0.1) is 10.5 Å². The second kappa shape index (κ2) is 10.1. The van der Waals surface area contributed by atoms with Gasteiger partial charge in [-0.25, -0.2) is 21.5 Å². The highest BCUT2D eigenvalue weighted by Crippen LogP contribution is 2.14. The lowest BCUT2D eigenvalue weighted by Gasteiger charge is -2.12. The van der Waals surface area contributed by atoms with Gasteiger partial charge in [-0.2, -0.15) is 0 Å². The van der Waals surface area contributed by atoms with E-state index in [-0.39, 0.29) is 29.0 Å². The van der Waals surface area contributed by atoms with Gasteiger partial charge in [0.2, 0.25) is 15.9 Å². The van der Waals surface area contributed by atoms with Crippen LogP contribution < -0.4 is 16.2 Å². The molecule has 0 aliphatic carbocycles. The molecule has 0 spiro atoms. The van der Waals surface area contributed by atoms with Crippen LogP contribution in [0.15, 0.2) is 47.4 Å². The maximum Gasteiger partial charge on any atom is 0.269 e. The van der Waals surface area contributed by atoms with E-state index in [1.807, 2.05) is 0 Å². The number of halogens is 2. The molecule has 0 heterocycles. The van der Waals surface area contributed by atoms with Gasteiger partial charge in [0.15, 0.2) is 0 Å². The van der Waals surface area contributed by atoms with Crippen LogP contribution in [-0.2, 0) is 14.8 Å². The van der Waals surface area contributed by atoms with Crippen molar-refractivity contribution in [2.24, 2.45) is 0 Å². The largest absolute Gasteiger partial charge is 0.351 e. The highest BCUT2D eigenvalue weighted by molar-refractivity contribution is 7.89. The van der Waals surface area contributed by atoms with Crippen molar-refractivity contribution in [2.45, 2.75) is 11.3 Å². The fraction of sp³-hybridized carbons (Fsp3) is 0.211. The van der Waals surface area contributed by atoms with Gasteiger partial charge in [0.25, 0.3) is 11.8 Å². The number of carbonyl (C=O) groups is 3. The van der Waals surface area contributed by atoms with Gasteiger partial charge in [-0.15, -0.1) is 0 Å². The third-order valence-corrected chi connectivity index (χ3v) is 5.81. The zero-order valence-corrected chi connectivity index (χ0v) is 17.4. The molecule has 0 fully saturated rings. The molecule has 2 rings (SSSR count). The average molecular weight is 454 g/mol. The highest BCUT2D eigenvalue weighted by Gasteiger charge is 2.19. The Balaban J connectivity index is 1.85. The molecule has 0 aromatic heterocycles. The second-order valence-corrected chi connectivity index (χ2v) is 8.60. The van der Waals surface area contributed by atoms with Gasteiger partial charge in [0, 0.05) is 38.7 Å². The monoisotopic (exact) mass is 454 g/mol. The van der Waals surface area contributed by atoms with E-state index >= 15 is 0 Å². The van der Waals surface area contributed by atoms with Crippen LogP contribution in [0.2, 0.25) is 0 Å². The summed E-state index contributed by atoms with van der Waals surface area (Å²) in [7, 11) is -1.03. The van der Waals surface area contributed by atoms with Crippen LogP contribution in [0.4, 0.5) is 8.78 Å². The molecular weight excluding hydrogens is 434 g/mol. The smallest absolute Gasteiger partial charge is 0.269 e. The first-order valence-corrected chi connectivity index (χ1v) is 10.3. The lowest BCUT2D eigenvalue weighted by molar-refractivity contribution is -0.121. The van der Waals surface area contributed by atoms with Crippen LogP contribution in [0.3, 0.4) is 0 Å². The molecule has 0 saturated carbocycles. The van der Waals surface area contributed by atoms with Crippen molar-refractivity contribution < 1.29 is 31.6 Å². The Bertz CT molecular complexity index is 1110. The van der Waals surface area contributed by atoms with Crippen molar-refractivity contribution >= 4 is 27.7 Å². The van der Waals surface area contributed by atoms with E-state index in [9.17, 15) is 31.6 Å². The first-order chi connectivity index (χ1) is 14.5. The van der Waals surface area contributed by atoms with Gasteiger partial charge in [-0.1, -0.05) is 6.07 Å². The molecule has 2 aromatic carbocycles. The molecule has 166 valence electrons. The number of benzene rings is 2. The number of sulfonamides is 1. The number of nitrogens with zero attached hydrogens (tertiary/aromatic N) is 1. The Hall–Kier alpha value is -3.38. The minimum atomic E-state index is -3.73. The number of carbonyl (C=O) groups excluding carboxylic acids is 3. The van der Waals surface area contributed by atoms with Gasteiger partial charge >= 0.3 is 0 Å². The summed E-state index contributed by atoms with van der Waals surface area (Å²) in [5.74, 6) is -4.10. The summed E-state index contributed by atoms with van der Waals surface area (Å²) in [5, 5.41) is 2.30. The predicted molar refractivity (Wildman–Crippen MR) is 106 cm³/mol. The highest BCUT2D eigenvalue weighted by atomic mass is 32.2. The van der Waals surface area contributed by atoms with Crippen molar-refractivity contribution in [3.63, 3.8) is 0 Å². The van der Waals surface area contributed by atoms with E-state index in [1.165, 1.54) is 32.3 Å². The van der Waals surface area contributed by atoms with E-state index in [1.54, 1.807) is 0 Å². The molecule has 0 bridgehead atoms. The quantitative estimate of drug-likeness (QED) is 0.534. The van der Waals surface area contributed by atoms with Crippen LogP contribution in [-0.4, -0.2) is 51.1 Å². The molecular formula is C19H20F2N4O5S. The molecule has 3 amide bonds. The topological polar surface area (TPSA) is 125 Å². The molecule has 2 aromatic rings. The lowest BCUT2D eigenvalue weighted by Crippen LogP contribution is -2.42. The fourth-order valence-electron chi connectivity index (χ4n) is 2.33. The average Bonchev–Trinajstić information content (AvgIpc) is 2.71. The Morgan fingerprint density at radius 2 is 1.68 bits per heavy atom. The normalized spacial score (nSPS) is 11.1. The number of hydrogen-bond donors (Lipinski definition) is 3. The van der Waals surface area contributed by atoms with Gasteiger partial charge in [-0.05, 0) is 30.3 Å². The molecule has 0 aliphatic rings. The summed E-state index contributed by atoms with van der Waals surface area (Å²) in [6, 6.07) is 7.72. The Labute approximate surface area is 177 Å². The maximum atomic E-state index is 13.5. The van der Waals surface area contributed by atoms with Crippen molar-refractivity contribution in [2.75, 3.05) is 20.6 Å². The standard InChI is InChI=1S/C19H20F2N4O5S/c1-25(2)31(29,30)14-5-3-4-12(10-14)18(27)24-23-17(26)8-9-22-19(28)15-7-6-13(20)11-16(15)21/h3-7,10-11H,8-9H2,1-2H3,(H,22,28)(H,23,26)(H,24,27). The third kappa shape index (κ3) is 6.30. The van der Waals surface area contributed by atoms with Crippen LogP contribution >= 0.6 is 0 Å². The molecule has 0 atom stereocenters. The summed E-state index contributed by atoms with van der Waals surface area (Å²) < 4.78 is 51.7. The van der Waals surface area contributed by atoms with E-state index in [0.29, 0.717) is 6.07 Å². The molecule has 0 saturated heterocycles. The van der Waals surface area contributed by atoms with Crippen LogP contribution in [0, 0.1) is 11.6 Å². The summed E-state index contributed by atoms with van der Waals surface area (Å²) in [5.41, 5.74) is 3.88.